The fraction of sp³-hybridized carbons (Fsp3) is 0.625. The number of benzene rings is 1. The Morgan fingerprint density at radius 2 is 2.05 bits per heavy atom. The molecule has 5 nitrogen and oxygen atoms in total. The zero-order valence-electron chi connectivity index (χ0n) is 13.4. The van der Waals surface area contributed by atoms with Crippen molar-refractivity contribution in [3.05, 3.63) is 23.8 Å². The summed E-state index contributed by atoms with van der Waals surface area (Å²) in [5, 5.41) is 9.51. The summed E-state index contributed by atoms with van der Waals surface area (Å²) < 4.78 is 5.39. The fourth-order valence-corrected chi connectivity index (χ4v) is 2.77. The number of aryl methyl sites for hydroxylation is 1. The van der Waals surface area contributed by atoms with Gasteiger partial charge < -0.3 is 9.64 Å². The first-order chi connectivity index (χ1) is 10.1. The lowest BCUT2D eigenvalue weighted by molar-refractivity contribution is -0.825. The third-order valence-corrected chi connectivity index (χ3v) is 4.02. The molecule has 5 heteroatoms. The third-order valence-electron chi connectivity index (χ3n) is 4.02. The van der Waals surface area contributed by atoms with Gasteiger partial charge in [-0.3, -0.25) is 4.90 Å². The minimum Gasteiger partial charge on any atom is -0.379 e. The highest BCUT2D eigenvalue weighted by atomic mass is 16.5. The summed E-state index contributed by atoms with van der Waals surface area (Å²) in [7, 11) is 0. The highest BCUT2D eigenvalue weighted by Crippen LogP contribution is 2.25. The topological polar surface area (TPSA) is 52.5 Å². The molecule has 1 aliphatic heterocycles. The van der Waals surface area contributed by atoms with Crippen LogP contribution in [0.4, 0.5) is 11.4 Å². The average molecular weight is 294 g/mol. The maximum atomic E-state index is 9.51. The molecule has 21 heavy (non-hydrogen) atoms. The summed E-state index contributed by atoms with van der Waals surface area (Å²) in [4.78, 5) is 4.80. The van der Waals surface area contributed by atoms with Crippen molar-refractivity contribution in [1.29, 1.82) is 0 Å². The fourth-order valence-electron chi connectivity index (χ4n) is 2.77. The number of nitrogens with zero attached hydrogens (tertiary/aromatic N) is 2. The quantitative estimate of drug-likeness (QED) is 0.610. The molecule has 0 aromatic heterocycles. The monoisotopic (exact) mass is 294 g/mol. The van der Waals surface area contributed by atoms with Crippen molar-refractivity contribution >= 4 is 11.4 Å². The Labute approximate surface area is 127 Å². The van der Waals surface area contributed by atoms with Gasteiger partial charge in [-0.1, -0.05) is 6.07 Å². The summed E-state index contributed by atoms with van der Waals surface area (Å²) in [5.41, 5.74) is 4.37. The summed E-state index contributed by atoms with van der Waals surface area (Å²) in [5.74, 6) is 0. The van der Waals surface area contributed by atoms with Crippen LogP contribution in [0.25, 0.3) is 0 Å². The molecule has 1 aliphatic rings. The first-order valence-electron chi connectivity index (χ1n) is 7.76. The van der Waals surface area contributed by atoms with Gasteiger partial charge in [-0.05, 0) is 32.4 Å². The molecule has 0 atom stereocenters. The van der Waals surface area contributed by atoms with E-state index in [1.54, 1.807) is 0 Å². The molecule has 0 bridgehead atoms. The van der Waals surface area contributed by atoms with Crippen LogP contribution in [0, 0.1) is 6.92 Å². The van der Waals surface area contributed by atoms with Gasteiger partial charge in [0.1, 0.15) is 5.69 Å². The molecule has 0 radical (unpaired) electrons. The number of hydrogen-bond donors (Lipinski definition) is 2. The number of quaternary nitrogens is 1. The summed E-state index contributed by atoms with van der Waals surface area (Å²) in [6, 6.07) is 6.63. The van der Waals surface area contributed by atoms with Gasteiger partial charge in [-0.2, -0.15) is 5.48 Å². The van der Waals surface area contributed by atoms with E-state index in [0.717, 1.165) is 56.3 Å². The zero-order chi connectivity index (χ0) is 15.2. The third kappa shape index (κ3) is 4.41. The molecule has 1 aromatic carbocycles. The Bertz CT molecular complexity index is 445. The lowest BCUT2D eigenvalue weighted by Crippen LogP contribution is -2.74. The van der Waals surface area contributed by atoms with Crippen LogP contribution in [-0.4, -0.2) is 55.5 Å². The molecule has 1 fully saturated rings. The van der Waals surface area contributed by atoms with Gasteiger partial charge in [-0.15, -0.1) is 0 Å². The number of rotatable bonds is 6. The lowest BCUT2D eigenvalue weighted by Gasteiger charge is -2.33. The molecule has 1 aromatic rings. The second kappa shape index (κ2) is 7.75. The van der Waals surface area contributed by atoms with E-state index in [4.69, 9.17) is 4.74 Å². The Morgan fingerprint density at radius 1 is 1.33 bits per heavy atom. The van der Waals surface area contributed by atoms with Gasteiger partial charge in [0.05, 0.1) is 13.2 Å². The van der Waals surface area contributed by atoms with Gasteiger partial charge in [0, 0.05) is 38.3 Å². The van der Waals surface area contributed by atoms with Gasteiger partial charge >= 0.3 is 0 Å². The van der Waals surface area contributed by atoms with Crippen molar-refractivity contribution in [2.75, 3.05) is 44.3 Å². The molecule has 0 spiro atoms. The minimum absolute atomic E-state index is 0.396. The Kier molecular flexibility index (Phi) is 5.99. The van der Waals surface area contributed by atoms with Crippen LogP contribution < -0.4 is 10.4 Å². The first-order valence-corrected chi connectivity index (χ1v) is 7.76. The van der Waals surface area contributed by atoms with Crippen molar-refractivity contribution in [2.45, 2.75) is 26.8 Å². The maximum Gasteiger partial charge on any atom is 0.185 e. The van der Waals surface area contributed by atoms with Crippen molar-refractivity contribution < 1.29 is 15.4 Å². The SMILES string of the molecule is Cc1ccc(N(CCN2CCOCC2)C(C)C)c([NH2+]O)c1. The van der Waals surface area contributed by atoms with Gasteiger partial charge in [0.15, 0.2) is 5.69 Å². The molecule has 0 saturated carbocycles. The Morgan fingerprint density at radius 3 is 2.67 bits per heavy atom. The van der Waals surface area contributed by atoms with Crippen molar-refractivity contribution in [2.24, 2.45) is 0 Å². The number of ether oxygens (including phenoxy) is 1. The molecular weight excluding hydrogens is 266 g/mol. The van der Waals surface area contributed by atoms with Crippen LogP contribution in [0.5, 0.6) is 0 Å². The molecule has 1 heterocycles. The highest BCUT2D eigenvalue weighted by Gasteiger charge is 2.19. The van der Waals surface area contributed by atoms with Gasteiger partial charge in [0.25, 0.3) is 0 Å². The first kappa shape index (κ1) is 16.2. The Hall–Kier alpha value is -1.14. The highest BCUT2D eigenvalue weighted by molar-refractivity contribution is 5.64. The predicted molar refractivity (Wildman–Crippen MR) is 84.3 cm³/mol. The second-order valence-corrected chi connectivity index (χ2v) is 5.93. The molecule has 0 amide bonds. The molecule has 118 valence electrons. The minimum atomic E-state index is 0.396. The van der Waals surface area contributed by atoms with Crippen molar-refractivity contribution in [3.63, 3.8) is 0 Å². The normalized spacial score (nSPS) is 16.4. The van der Waals surface area contributed by atoms with Gasteiger partial charge in [-0.25, -0.2) is 5.21 Å². The standard InChI is InChI=1S/C16H27N3O2/c1-13(2)19(7-6-18-8-10-21-11-9-18)16-5-4-14(3)12-15(16)17-20/h4-5,12-13,17,20H,6-11H2,1-3H3/p+1. The van der Waals surface area contributed by atoms with Crippen molar-refractivity contribution in [1.82, 2.24) is 4.90 Å². The van der Waals surface area contributed by atoms with Crippen LogP contribution in [0.15, 0.2) is 18.2 Å². The van der Waals surface area contributed by atoms with Crippen LogP contribution in [-0.2, 0) is 4.74 Å². The summed E-state index contributed by atoms with van der Waals surface area (Å²) >= 11 is 0. The van der Waals surface area contributed by atoms with E-state index in [0.29, 0.717) is 6.04 Å². The smallest absolute Gasteiger partial charge is 0.185 e. The number of hydrogen-bond acceptors (Lipinski definition) is 4. The van der Waals surface area contributed by atoms with E-state index < -0.39 is 0 Å². The molecule has 1 saturated heterocycles. The number of nitrogens with two attached hydrogens (primary N) is 1. The molecule has 0 aliphatic carbocycles. The van der Waals surface area contributed by atoms with Crippen molar-refractivity contribution in [3.8, 4) is 0 Å². The van der Waals surface area contributed by atoms with E-state index in [-0.39, 0.29) is 0 Å². The van der Waals surface area contributed by atoms with E-state index in [1.807, 2.05) is 13.0 Å². The Balaban J connectivity index is 2.07. The van der Waals surface area contributed by atoms with E-state index in [2.05, 4.69) is 35.8 Å². The molecule has 0 unspecified atom stereocenters. The summed E-state index contributed by atoms with van der Waals surface area (Å²) in [6.07, 6.45) is 0. The van der Waals surface area contributed by atoms with E-state index in [9.17, 15) is 5.21 Å². The predicted octanol–water partition coefficient (Wildman–Crippen LogP) is 1.13. The maximum absolute atomic E-state index is 9.51. The van der Waals surface area contributed by atoms with Crippen LogP contribution >= 0.6 is 0 Å². The molecular formula is C16H28N3O2+. The van der Waals surface area contributed by atoms with Crippen LogP contribution in [0.2, 0.25) is 0 Å². The van der Waals surface area contributed by atoms with Gasteiger partial charge in [0.2, 0.25) is 0 Å². The molecule has 2 rings (SSSR count). The second-order valence-electron chi connectivity index (χ2n) is 5.93. The van der Waals surface area contributed by atoms with Crippen LogP contribution in [0.3, 0.4) is 0 Å². The summed E-state index contributed by atoms with van der Waals surface area (Å²) in [6.45, 7) is 12.1. The number of anilines is 1. The average Bonchev–Trinajstić information content (AvgIpc) is 2.49. The molecule has 3 N–H and O–H groups in total. The van der Waals surface area contributed by atoms with E-state index in [1.165, 1.54) is 5.48 Å². The zero-order valence-corrected chi connectivity index (χ0v) is 13.4. The largest absolute Gasteiger partial charge is 0.379 e. The van der Waals surface area contributed by atoms with Crippen LogP contribution in [0.1, 0.15) is 19.4 Å². The number of morpholine rings is 1. The van der Waals surface area contributed by atoms with E-state index >= 15 is 0 Å². The lowest BCUT2D eigenvalue weighted by atomic mass is 10.1.